The Balaban J connectivity index is 1.54. The fourth-order valence-electron chi connectivity index (χ4n) is 3.73. The molecule has 11 nitrogen and oxygen atoms in total. The van der Waals surface area contributed by atoms with Gasteiger partial charge in [-0.05, 0) is 24.3 Å². The zero-order chi connectivity index (χ0) is 27.4. The maximum absolute atomic E-state index is 12.6. The van der Waals surface area contributed by atoms with Crippen LogP contribution >= 0.6 is 0 Å². The molecule has 38 heavy (non-hydrogen) atoms. The average Bonchev–Trinajstić information content (AvgIpc) is 2.90. The molecule has 0 unspecified atom stereocenters. The van der Waals surface area contributed by atoms with Gasteiger partial charge in [0.15, 0.2) is 28.4 Å². The molecule has 4 rings (SSSR count). The molecule has 0 aliphatic carbocycles. The highest BCUT2D eigenvalue weighted by molar-refractivity contribution is 5.86. The van der Waals surface area contributed by atoms with Crippen LogP contribution in [-0.4, -0.2) is 61.1 Å². The lowest BCUT2D eigenvalue weighted by Crippen LogP contribution is -2.25. The highest BCUT2D eigenvalue weighted by Gasteiger charge is 2.20. The normalized spacial score (nSPS) is 11.7. The topological polar surface area (TPSA) is 157 Å². The van der Waals surface area contributed by atoms with E-state index in [0.29, 0.717) is 11.3 Å². The molecule has 1 atom stereocenters. The molecule has 0 saturated carbocycles. The lowest BCUT2D eigenvalue weighted by molar-refractivity contribution is 0.0605. The number of fused-ring (bicyclic) bond motifs is 1. The molecule has 1 heterocycles. The number of aliphatic hydroxyl groups is 1. The van der Waals surface area contributed by atoms with Crippen molar-refractivity contribution in [2.75, 3.05) is 34.5 Å². The molecule has 1 aromatic heterocycles. The smallest absolute Gasteiger partial charge is 0.203 e. The summed E-state index contributed by atoms with van der Waals surface area (Å²) in [7, 11) is 4.24. The zero-order valence-corrected chi connectivity index (χ0v) is 20.8. The summed E-state index contributed by atoms with van der Waals surface area (Å²) < 4.78 is 33.0. The maximum atomic E-state index is 12.6. The van der Waals surface area contributed by atoms with Crippen molar-refractivity contribution < 1.29 is 48.5 Å². The summed E-state index contributed by atoms with van der Waals surface area (Å²) in [4.78, 5) is 12.6. The molecule has 0 aliphatic rings. The van der Waals surface area contributed by atoms with E-state index in [1.54, 1.807) is 12.1 Å². The van der Waals surface area contributed by atoms with Gasteiger partial charge in [0, 0.05) is 29.8 Å². The van der Waals surface area contributed by atoms with E-state index in [4.69, 9.17) is 28.1 Å². The second kappa shape index (κ2) is 11.1. The number of hydrogen-bond donors (Lipinski definition) is 4. The summed E-state index contributed by atoms with van der Waals surface area (Å²) >= 11 is 0. The van der Waals surface area contributed by atoms with E-state index in [9.17, 15) is 25.2 Å². The van der Waals surface area contributed by atoms with Crippen molar-refractivity contribution in [1.82, 2.24) is 0 Å². The minimum Gasteiger partial charge on any atom is -0.508 e. The Morgan fingerprint density at radius 3 is 2.11 bits per heavy atom. The number of phenols is 3. The fourth-order valence-corrected chi connectivity index (χ4v) is 3.73. The van der Waals surface area contributed by atoms with Gasteiger partial charge >= 0.3 is 0 Å². The molecular formula is C27H26O11. The summed E-state index contributed by atoms with van der Waals surface area (Å²) in [6.45, 7) is -0.288. The molecule has 0 radical (unpaired) electrons. The van der Waals surface area contributed by atoms with Gasteiger partial charge in [0.05, 0.1) is 21.3 Å². The van der Waals surface area contributed by atoms with Crippen LogP contribution in [0.5, 0.6) is 46.0 Å². The van der Waals surface area contributed by atoms with E-state index in [2.05, 4.69) is 0 Å². The fraction of sp³-hybridized carbons (Fsp3) is 0.222. The van der Waals surface area contributed by atoms with Gasteiger partial charge in [0.2, 0.25) is 5.75 Å². The SMILES string of the molecule is COc1cc(OC[C@H](O)COc2c(OC)cc(-c3cc(=O)c4c(O)cc(O)cc4o3)cc2OC)ccc1O. The lowest BCUT2D eigenvalue weighted by atomic mass is 10.1. The molecular weight excluding hydrogens is 500 g/mol. The molecule has 4 aromatic rings. The molecule has 200 valence electrons. The van der Waals surface area contributed by atoms with Crippen LogP contribution in [0.2, 0.25) is 0 Å². The van der Waals surface area contributed by atoms with Gasteiger partial charge in [0.25, 0.3) is 0 Å². The predicted molar refractivity (Wildman–Crippen MR) is 136 cm³/mol. The van der Waals surface area contributed by atoms with Crippen molar-refractivity contribution in [3.05, 3.63) is 58.8 Å². The monoisotopic (exact) mass is 526 g/mol. The Bertz CT molecular complexity index is 1480. The number of rotatable bonds is 10. The first kappa shape index (κ1) is 26.3. The first-order chi connectivity index (χ1) is 18.2. The van der Waals surface area contributed by atoms with Crippen molar-refractivity contribution >= 4 is 11.0 Å². The summed E-state index contributed by atoms with van der Waals surface area (Å²) in [5.74, 6) is 0.721. The minimum absolute atomic E-state index is 0.00219. The summed E-state index contributed by atoms with van der Waals surface area (Å²) in [5, 5.41) is 39.8. The summed E-state index contributed by atoms with van der Waals surface area (Å²) in [6, 6.07) is 11.0. The van der Waals surface area contributed by atoms with Crippen LogP contribution in [0.3, 0.4) is 0 Å². The number of aromatic hydroxyl groups is 3. The van der Waals surface area contributed by atoms with Gasteiger partial charge in [-0.2, -0.15) is 0 Å². The second-order valence-electron chi connectivity index (χ2n) is 8.13. The molecule has 0 bridgehead atoms. The molecule has 0 amide bonds. The number of ether oxygens (including phenoxy) is 5. The highest BCUT2D eigenvalue weighted by Crippen LogP contribution is 2.42. The standard InChI is InChI=1S/C27H26O11/c1-33-22-10-17(4-5-18(22)30)36-12-16(29)13-37-27-24(34-2)6-14(7-25(27)35-3)21-11-20(32)26-19(31)8-15(28)9-23(26)38-21/h4-11,16,28-31H,12-13H2,1-3H3/t16-/m0/s1. The maximum Gasteiger partial charge on any atom is 0.203 e. The van der Waals surface area contributed by atoms with Crippen molar-refractivity contribution in [3.8, 4) is 57.3 Å². The van der Waals surface area contributed by atoms with Crippen molar-refractivity contribution in [2.24, 2.45) is 0 Å². The zero-order valence-electron chi connectivity index (χ0n) is 20.8. The molecule has 0 spiro atoms. The van der Waals surface area contributed by atoms with E-state index in [0.717, 1.165) is 6.07 Å². The first-order valence-electron chi connectivity index (χ1n) is 11.3. The molecule has 3 aromatic carbocycles. The third-order valence-electron chi connectivity index (χ3n) is 5.55. The quantitative estimate of drug-likeness (QED) is 0.240. The second-order valence-corrected chi connectivity index (χ2v) is 8.13. The Kier molecular flexibility index (Phi) is 7.68. The van der Waals surface area contributed by atoms with E-state index in [1.807, 2.05) is 0 Å². The van der Waals surface area contributed by atoms with Gasteiger partial charge in [0.1, 0.15) is 53.3 Å². The van der Waals surface area contributed by atoms with E-state index in [1.165, 1.54) is 51.7 Å². The van der Waals surface area contributed by atoms with Crippen LogP contribution in [0, 0.1) is 0 Å². The van der Waals surface area contributed by atoms with Crippen LogP contribution in [0.25, 0.3) is 22.3 Å². The van der Waals surface area contributed by atoms with Crippen LogP contribution in [-0.2, 0) is 0 Å². The van der Waals surface area contributed by atoms with Crippen LogP contribution in [0.15, 0.2) is 57.7 Å². The molecule has 0 fully saturated rings. The average molecular weight is 526 g/mol. The number of phenolic OH excluding ortho intramolecular Hbond substituents is 3. The Morgan fingerprint density at radius 2 is 1.45 bits per heavy atom. The van der Waals surface area contributed by atoms with E-state index in [-0.39, 0.29) is 64.4 Å². The van der Waals surface area contributed by atoms with E-state index >= 15 is 0 Å². The molecule has 0 aliphatic heterocycles. The van der Waals surface area contributed by atoms with Gasteiger partial charge in [-0.25, -0.2) is 0 Å². The lowest BCUT2D eigenvalue weighted by Gasteiger charge is -2.18. The van der Waals surface area contributed by atoms with Crippen molar-refractivity contribution in [2.45, 2.75) is 6.10 Å². The third kappa shape index (κ3) is 5.47. The predicted octanol–water partition coefficient (Wildman–Crippen LogP) is 3.42. The Morgan fingerprint density at radius 1 is 0.789 bits per heavy atom. The van der Waals surface area contributed by atoms with Crippen molar-refractivity contribution in [3.63, 3.8) is 0 Å². The molecule has 4 N–H and O–H groups in total. The molecule has 11 heteroatoms. The Labute approximate surface area is 216 Å². The number of benzene rings is 3. The van der Waals surface area contributed by atoms with Crippen LogP contribution < -0.4 is 29.1 Å². The van der Waals surface area contributed by atoms with Crippen LogP contribution in [0.1, 0.15) is 0 Å². The summed E-state index contributed by atoms with van der Waals surface area (Å²) in [6.07, 6.45) is -1.04. The van der Waals surface area contributed by atoms with Gasteiger partial charge in [-0.1, -0.05) is 0 Å². The molecule has 0 saturated heterocycles. The third-order valence-corrected chi connectivity index (χ3v) is 5.55. The summed E-state index contributed by atoms with van der Waals surface area (Å²) in [5.41, 5.74) is -0.109. The number of hydrogen-bond acceptors (Lipinski definition) is 11. The van der Waals surface area contributed by atoms with Gasteiger partial charge in [-0.15, -0.1) is 0 Å². The first-order valence-corrected chi connectivity index (χ1v) is 11.3. The Hall–Kier alpha value is -4.77. The number of methoxy groups -OCH3 is 3. The minimum atomic E-state index is -1.04. The highest BCUT2D eigenvalue weighted by atomic mass is 16.5. The number of aliphatic hydroxyl groups excluding tert-OH is 1. The van der Waals surface area contributed by atoms with Gasteiger partial charge in [-0.3, -0.25) is 4.79 Å². The van der Waals surface area contributed by atoms with Crippen molar-refractivity contribution in [1.29, 1.82) is 0 Å². The van der Waals surface area contributed by atoms with Crippen LogP contribution in [0.4, 0.5) is 0 Å². The van der Waals surface area contributed by atoms with E-state index < -0.39 is 17.3 Å². The largest absolute Gasteiger partial charge is 0.508 e. The van der Waals surface area contributed by atoms with Gasteiger partial charge < -0.3 is 48.5 Å².